The average Bonchev–Trinajstić information content (AvgIpc) is 3.53. The first-order chi connectivity index (χ1) is 15.4. The number of aromatic nitrogens is 3. The van der Waals surface area contributed by atoms with E-state index in [1.54, 1.807) is 12.4 Å². The molecule has 3 atom stereocenters. The van der Waals surface area contributed by atoms with Gasteiger partial charge in [-0.25, -0.2) is 9.98 Å². The minimum atomic E-state index is -0.0626. The third-order valence-electron chi connectivity index (χ3n) is 6.65. The first-order valence-corrected chi connectivity index (χ1v) is 11.2. The van der Waals surface area contributed by atoms with Crippen LogP contribution in [0.1, 0.15) is 43.4 Å². The molecule has 2 saturated carbocycles. The Balaban J connectivity index is 1.30. The Hall–Kier alpha value is -3.20. The van der Waals surface area contributed by atoms with Gasteiger partial charge in [0.05, 0.1) is 11.9 Å². The minimum absolute atomic E-state index is 0.0499. The molecule has 9 heteroatoms. The SMILES string of the molecule is CN(C)CCC(=O)Nc1cnc2c(c1)C(=Cc1[nH]c(NC3CC4CCC3C4)nc1O)C=N2. The van der Waals surface area contributed by atoms with Crippen LogP contribution < -0.4 is 10.6 Å². The Bertz CT molecular complexity index is 1090. The third kappa shape index (κ3) is 4.25. The number of anilines is 2. The van der Waals surface area contributed by atoms with Crippen LogP contribution in [-0.4, -0.2) is 63.8 Å². The topological polar surface area (TPSA) is 119 Å². The Morgan fingerprint density at radius 3 is 2.97 bits per heavy atom. The van der Waals surface area contributed by atoms with E-state index in [-0.39, 0.29) is 11.8 Å². The summed E-state index contributed by atoms with van der Waals surface area (Å²) in [4.78, 5) is 30.3. The first-order valence-electron chi connectivity index (χ1n) is 11.2. The summed E-state index contributed by atoms with van der Waals surface area (Å²) >= 11 is 0. The number of allylic oxidation sites excluding steroid dienone is 1. The number of nitrogens with zero attached hydrogens (tertiary/aromatic N) is 4. The molecule has 4 N–H and O–H groups in total. The molecular weight excluding hydrogens is 406 g/mol. The normalized spacial score (nSPS) is 24.5. The van der Waals surface area contributed by atoms with Crippen molar-refractivity contribution in [3.63, 3.8) is 0 Å². The van der Waals surface area contributed by atoms with E-state index in [9.17, 15) is 9.90 Å². The van der Waals surface area contributed by atoms with Gasteiger partial charge in [0.15, 0.2) is 5.82 Å². The molecule has 0 aromatic carbocycles. The molecule has 0 spiro atoms. The number of hydrogen-bond acceptors (Lipinski definition) is 7. The molecule has 0 saturated heterocycles. The number of carbonyl (C=O) groups is 1. The number of amides is 1. The second-order valence-corrected chi connectivity index (χ2v) is 9.30. The van der Waals surface area contributed by atoms with Gasteiger partial charge in [-0.3, -0.25) is 4.79 Å². The summed E-state index contributed by atoms with van der Waals surface area (Å²) in [5.41, 5.74) is 2.73. The van der Waals surface area contributed by atoms with Gasteiger partial charge in [-0.1, -0.05) is 6.42 Å². The zero-order chi connectivity index (χ0) is 22.2. The molecule has 1 aliphatic heterocycles. The van der Waals surface area contributed by atoms with Crippen molar-refractivity contribution in [1.82, 2.24) is 19.9 Å². The van der Waals surface area contributed by atoms with Crippen molar-refractivity contribution in [3.8, 4) is 5.88 Å². The number of carbonyl (C=O) groups excluding carboxylic acids is 1. The number of fused-ring (bicyclic) bond motifs is 3. The molecule has 2 aromatic rings. The van der Waals surface area contributed by atoms with Crippen molar-refractivity contribution < 1.29 is 9.90 Å². The van der Waals surface area contributed by atoms with Gasteiger partial charge in [-0.05, 0) is 57.3 Å². The number of nitrogens with one attached hydrogen (secondary N) is 3. The van der Waals surface area contributed by atoms with Crippen molar-refractivity contribution in [1.29, 1.82) is 0 Å². The molecule has 2 aromatic heterocycles. The number of hydrogen-bond donors (Lipinski definition) is 4. The van der Waals surface area contributed by atoms with Crippen LogP contribution >= 0.6 is 0 Å². The van der Waals surface area contributed by atoms with Crippen LogP contribution in [0.15, 0.2) is 17.3 Å². The largest absolute Gasteiger partial charge is 0.492 e. The van der Waals surface area contributed by atoms with Crippen LogP contribution in [0.5, 0.6) is 5.88 Å². The quantitative estimate of drug-likeness (QED) is 0.530. The lowest BCUT2D eigenvalue weighted by atomic mass is 9.95. The molecule has 2 fully saturated rings. The summed E-state index contributed by atoms with van der Waals surface area (Å²) in [6.45, 7) is 0.677. The van der Waals surface area contributed by atoms with Gasteiger partial charge >= 0.3 is 0 Å². The predicted octanol–water partition coefficient (Wildman–Crippen LogP) is 3.26. The number of aromatic hydroxyl groups is 1. The standard InChI is InChI=1S/C23H29N7O2/c1-30(2)6-5-20(31)26-16-10-17-15(11-24-21(17)25-12-16)9-19-22(32)29-23(28-19)27-18-8-13-3-4-14(18)7-13/h9-14,18,32H,3-8H2,1-2H3,(H,26,31)(H2,27,28,29). The highest BCUT2D eigenvalue weighted by Crippen LogP contribution is 2.45. The second kappa shape index (κ2) is 8.38. The highest BCUT2D eigenvalue weighted by atomic mass is 16.3. The lowest BCUT2D eigenvalue weighted by Gasteiger charge is -2.22. The van der Waals surface area contributed by atoms with Crippen LogP contribution in [0.25, 0.3) is 11.6 Å². The molecule has 1 amide bonds. The van der Waals surface area contributed by atoms with E-state index in [2.05, 4.69) is 30.6 Å². The Labute approximate surface area is 187 Å². The van der Waals surface area contributed by atoms with Crippen LogP contribution in [-0.2, 0) is 4.79 Å². The van der Waals surface area contributed by atoms with E-state index >= 15 is 0 Å². The molecule has 168 valence electrons. The summed E-state index contributed by atoms with van der Waals surface area (Å²) in [5, 5.41) is 16.7. The van der Waals surface area contributed by atoms with Gasteiger partial charge in [0, 0.05) is 36.4 Å². The van der Waals surface area contributed by atoms with Gasteiger partial charge in [0.2, 0.25) is 17.7 Å². The van der Waals surface area contributed by atoms with E-state index in [1.807, 2.05) is 31.1 Å². The fraction of sp³-hybridized carbons (Fsp3) is 0.478. The smallest absolute Gasteiger partial charge is 0.238 e. The Kier molecular flexibility index (Phi) is 5.42. The molecule has 3 aliphatic rings. The molecule has 3 heterocycles. The van der Waals surface area contributed by atoms with Crippen LogP contribution in [0.3, 0.4) is 0 Å². The lowest BCUT2D eigenvalue weighted by Crippen LogP contribution is -2.26. The second-order valence-electron chi connectivity index (χ2n) is 9.30. The van der Waals surface area contributed by atoms with E-state index in [0.29, 0.717) is 48.1 Å². The zero-order valence-corrected chi connectivity index (χ0v) is 18.4. The fourth-order valence-corrected chi connectivity index (χ4v) is 5.00. The van der Waals surface area contributed by atoms with Crippen molar-refractivity contribution in [2.75, 3.05) is 31.3 Å². The molecule has 32 heavy (non-hydrogen) atoms. The monoisotopic (exact) mass is 435 g/mol. The number of aliphatic imine (C=N–C) groups is 1. The maximum Gasteiger partial charge on any atom is 0.238 e. The van der Waals surface area contributed by atoms with E-state index in [0.717, 1.165) is 17.1 Å². The molecule has 0 radical (unpaired) electrons. The van der Waals surface area contributed by atoms with Crippen molar-refractivity contribution >= 4 is 41.2 Å². The van der Waals surface area contributed by atoms with E-state index in [1.165, 1.54) is 25.7 Å². The maximum absolute atomic E-state index is 12.2. The van der Waals surface area contributed by atoms with E-state index in [4.69, 9.17) is 0 Å². The fourth-order valence-electron chi connectivity index (χ4n) is 5.00. The highest BCUT2D eigenvalue weighted by molar-refractivity contribution is 6.21. The minimum Gasteiger partial charge on any atom is -0.492 e. The zero-order valence-electron chi connectivity index (χ0n) is 18.4. The third-order valence-corrected chi connectivity index (χ3v) is 6.65. The predicted molar refractivity (Wildman–Crippen MR) is 125 cm³/mol. The van der Waals surface area contributed by atoms with Crippen LogP contribution in [0.2, 0.25) is 0 Å². The Morgan fingerprint density at radius 1 is 1.34 bits per heavy atom. The molecule has 2 bridgehead atoms. The number of H-pyrrole nitrogens is 1. The van der Waals surface area contributed by atoms with Gasteiger partial charge in [0.25, 0.3) is 0 Å². The van der Waals surface area contributed by atoms with Gasteiger partial charge in [-0.15, -0.1) is 0 Å². The summed E-state index contributed by atoms with van der Waals surface area (Å²) in [7, 11) is 3.87. The number of pyridine rings is 1. The average molecular weight is 436 g/mol. The highest BCUT2D eigenvalue weighted by Gasteiger charge is 2.39. The molecular formula is C23H29N7O2. The number of aromatic amines is 1. The van der Waals surface area contributed by atoms with Crippen molar-refractivity contribution in [3.05, 3.63) is 23.5 Å². The van der Waals surface area contributed by atoms with E-state index < -0.39 is 0 Å². The summed E-state index contributed by atoms with van der Waals surface area (Å²) in [6, 6.07) is 2.28. The summed E-state index contributed by atoms with van der Waals surface area (Å²) in [5.74, 6) is 2.61. The molecule has 9 nitrogen and oxygen atoms in total. The lowest BCUT2D eigenvalue weighted by molar-refractivity contribution is -0.116. The van der Waals surface area contributed by atoms with Crippen LogP contribution in [0, 0.1) is 11.8 Å². The van der Waals surface area contributed by atoms with Gasteiger partial charge in [-0.2, -0.15) is 4.98 Å². The van der Waals surface area contributed by atoms with Gasteiger partial charge in [0.1, 0.15) is 5.69 Å². The van der Waals surface area contributed by atoms with Gasteiger partial charge < -0.3 is 25.6 Å². The summed E-state index contributed by atoms with van der Waals surface area (Å²) in [6.07, 6.45) is 10.6. The molecule has 3 unspecified atom stereocenters. The van der Waals surface area contributed by atoms with Crippen LogP contribution in [0.4, 0.5) is 17.5 Å². The molecule has 2 aliphatic carbocycles. The molecule has 5 rings (SSSR count). The summed E-state index contributed by atoms with van der Waals surface area (Å²) < 4.78 is 0. The number of imidazole rings is 1. The maximum atomic E-state index is 12.2. The number of rotatable bonds is 7. The Morgan fingerprint density at radius 2 is 2.22 bits per heavy atom. The first kappa shape index (κ1) is 20.7. The van der Waals surface area contributed by atoms with Crippen molar-refractivity contribution in [2.45, 2.75) is 38.1 Å². The van der Waals surface area contributed by atoms with Crippen molar-refractivity contribution in [2.24, 2.45) is 16.8 Å².